The first-order chi connectivity index (χ1) is 14.6. The van der Waals surface area contributed by atoms with E-state index in [2.05, 4.69) is 29.2 Å². The van der Waals surface area contributed by atoms with Crippen molar-refractivity contribution in [3.05, 3.63) is 81.2 Å². The van der Waals surface area contributed by atoms with E-state index in [9.17, 15) is 4.79 Å². The molecule has 0 aliphatic carbocycles. The molecule has 0 saturated carbocycles. The van der Waals surface area contributed by atoms with Gasteiger partial charge in [-0.3, -0.25) is 14.4 Å². The maximum absolute atomic E-state index is 13.2. The predicted octanol–water partition coefficient (Wildman–Crippen LogP) is 4.47. The molecule has 1 aliphatic rings. The van der Waals surface area contributed by atoms with Crippen molar-refractivity contribution in [1.82, 2.24) is 19.2 Å². The molecule has 5 rings (SSSR count). The van der Waals surface area contributed by atoms with Gasteiger partial charge in [0, 0.05) is 25.2 Å². The summed E-state index contributed by atoms with van der Waals surface area (Å²) < 4.78 is 5.02. The van der Waals surface area contributed by atoms with Gasteiger partial charge in [-0.1, -0.05) is 30.3 Å². The van der Waals surface area contributed by atoms with Crippen molar-refractivity contribution in [1.29, 1.82) is 0 Å². The maximum atomic E-state index is 13.2. The van der Waals surface area contributed by atoms with Crippen molar-refractivity contribution >= 4 is 21.6 Å². The second-order valence-electron chi connectivity index (χ2n) is 8.11. The third kappa shape index (κ3) is 3.40. The Balaban J connectivity index is 1.32. The zero-order chi connectivity index (χ0) is 20.7. The number of nitrogens with zero attached hydrogens (tertiary/aromatic N) is 4. The van der Waals surface area contributed by atoms with Crippen molar-refractivity contribution < 1.29 is 0 Å². The van der Waals surface area contributed by atoms with Crippen LogP contribution in [0.25, 0.3) is 15.9 Å². The number of piperidine rings is 1. The predicted molar refractivity (Wildman–Crippen MR) is 123 cm³/mol. The summed E-state index contributed by atoms with van der Waals surface area (Å²) in [5.74, 6) is 0.525. The molecule has 0 unspecified atom stereocenters. The minimum Gasteiger partial charge on any atom is -0.299 e. The molecule has 0 spiro atoms. The lowest BCUT2D eigenvalue weighted by Gasteiger charge is -2.30. The highest BCUT2D eigenvalue weighted by atomic mass is 32.1. The topological polar surface area (TPSA) is 43.1 Å². The van der Waals surface area contributed by atoms with Crippen LogP contribution < -0.4 is 5.56 Å². The highest BCUT2D eigenvalue weighted by molar-refractivity contribution is 7.18. The molecular weight excluding hydrogens is 392 g/mol. The Morgan fingerprint density at radius 2 is 1.73 bits per heavy atom. The Hall–Kier alpha value is -2.70. The Bertz CT molecular complexity index is 1200. The van der Waals surface area contributed by atoms with E-state index in [0.29, 0.717) is 12.5 Å². The summed E-state index contributed by atoms with van der Waals surface area (Å²) >= 11 is 1.83. The lowest BCUT2D eigenvalue weighted by Crippen LogP contribution is -2.34. The minimum absolute atomic E-state index is 0.0921. The average molecular weight is 419 g/mol. The number of hydrogen-bond acceptors (Lipinski definition) is 4. The zero-order valence-corrected chi connectivity index (χ0v) is 18.2. The number of rotatable bonds is 4. The molecule has 0 bridgehead atoms. The lowest BCUT2D eigenvalue weighted by molar-refractivity contribution is 0.203. The number of para-hydroxylation sites is 2. The van der Waals surface area contributed by atoms with Crippen LogP contribution in [-0.2, 0) is 13.6 Å². The molecule has 2 aromatic carbocycles. The second-order valence-corrected chi connectivity index (χ2v) is 9.17. The van der Waals surface area contributed by atoms with Crippen molar-refractivity contribution in [2.75, 3.05) is 13.1 Å². The van der Waals surface area contributed by atoms with Crippen LogP contribution in [0.4, 0.5) is 0 Å². The molecule has 1 aliphatic heterocycles. The first-order valence-corrected chi connectivity index (χ1v) is 11.3. The van der Waals surface area contributed by atoms with Gasteiger partial charge in [-0.15, -0.1) is 11.3 Å². The highest BCUT2D eigenvalue weighted by Crippen LogP contribution is 2.34. The summed E-state index contributed by atoms with van der Waals surface area (Å²) in [5, 5.41) is 1.26. The number of fused-ring (bicyclic) bond motifs is 1. The van der Waals surface area contributed by atoms with Crippen LogP contribution in [-0.4, -0.2) is 32.3 Å². The fraction of sp³-hybridized carbons (Fsp3) is 0.333. The maximum Gasteiger partial charge on any atom is 0.276 e. The molecule has 1 fully saturated rings. The van der Waals surface area contributed by atoms with Crippen molar-refractivity contribution in [3.63, 3.8) is 0 Å². The fourth-order valence-corrected chi connectivity index (χ4v) is 5.57. The quantitative estimate of drug-likeness (QED) is 0.491. The summed E-state index contributed by atoms with van der Waals surface area (Å²) in [7, 11) is 1.96. The van der Waals surface area contributed by atoms with Crippen LogP contribution in [0.3, 0.4) is 0 Å². The first kappa shape index (κ1) is 19.3. The summed E-state index contributed by atoms with van der Waals surface area (Å²) in [6, 6.07) is 18.3. The van der Waals surface area contributed by atoms with E-state index in [4.69, 9.17) is 4.98 Å². The van der Waals surface area contributed by atoms with Gasteiger partial charge in [0.2, 0.25) is 0 Å². The number of thiazole rings is 1. The van der Waals surface area contributed by atoms with E-state index in [1.807, 2.05) is 60.3 Å². The molecule has 154 valence electrons. The van der Waals surface area contributed by atoms with Crippen molar-refractivity contribution in [3.8, 4) is 5.69 Å². The molecule has 5 nitrogen and oxygen atoms in total. The van der Waals surface area contributed by atoms with E-state index in [-0.39, 0.29) is 5.56 Å². The average Bonchev–Trinajstić information content (AvgIpc) is 3.30. The van der Waals surface area contributed by atoms with E-state index in [0.717, 1.165) is 48.4 Å². The van der Waals surface area contributed by atoms with Gasteiger partial charge in [0.1, 0.15) is 0 Å². The molecule has 0 atom stereocenters. The van der Waals surface area contributed by atoms with Gasteiger partial charge >= 0.3 is 0 Å². The Morgan fingerprint density at radius 3 is 2.47 bits per heavy atom. The van der Waals surface area contributed by atoms with Gasteiger partial charge < -0.3 is 0 Å². The van der Waals surface area contributed by atoms with Gasteiger partial charge in [-0.2, -0.15) is 0 Å². The second kappa shape index (κ2) is 7.85. The SMILES string of the molecule is Cc1c(CN2CCC(c3nc4ccccc4s3)CC2)c(=O)n(-c2ccccc2)n1C. The van der Waals surface area contributed by atoms with Crippen LogP contribution in [0.15, 0.2) is 59.4 Å². The number of aromatic nitrogens is 3. The van der Waals surface area contributed by atoms with E-state index >= 15 is 0 Å². The minimum atomic E-state index is 0.0921. The Kier molecular flexibility index (Phi) is 5.05. The largest absolute Gasteiger partial charge is 0.299 e. The number of benzene rings is 2. The molecule has 1 saturated heterocycles. The van der Waals surface area contributed by atoms with E-state index < -0.39 is 0 Å². The summed E-state index contributed by atoms with van der Waals surface area (Å²) in [6.45, 7) is 4.76. The third-order valence-corrected chi connectivity index (χ3v) is 7.50. The Labute approximate surface area is 180 Å². The standard InChI is InChI=1S/C24H26N4OS/c1-17-20(24(29)28(26(17)2)19-8-4-3-5-9-19)16-27-14-12-18(13-15-27)23-25-21-10-6-7-11-22(21)30-23/h3-11,18H,12-16H2,1-2H3. The van der Waals surface area contributed by atoms with Gasteiger partial charge in [-0.25, -0.2) is 9.67 Å². The van der Waals surface area contributed by atoms with Gasteiger partial charge in [0.25, 0.3) is 5.56 Å². The van der Waals surface area contributed by atoms with Gasteiger partial charge in [0.05, 0.1) is 26.5 Å². The van der Waals surface area contributed by atoms with Crippen LogP contribution in [0.5, 0.6) is 0 Å². The molecule has 2 aromatic heterocycles. The molecule has 3 heterocycles. The molecule has 0 amide bonds. The van der Waals surface area contributed by atoms with Crippen LogP contribution in [0, 0.1) is 6.92 Å². The number of hydrogen-bond donors (Lipinski definition) is 0. The van der Waals surface area contributed by atoms with Crippen LogP contribution in [0.1, 0.15) is 35.0 Å². The lowest BCUT2D eigenvalue weighted by atomic mass is 9.97. The van der Waals surface area contributed by atoms with E-state index in [1.165, 1.54) is 9.71 Å². The number of likely N-dealkylation sites (tertiary alicyclic amines) is 1. The molecular formula is C24H26N4OS. The zero-order valence-electron chi connectivity index (χ0n) is 17.4. The van der Waals surface area contributed by atoms with Crippen molar-refractivity contribution in [2.45, 2.75) is 32.2 Å². The molecule has 0 N–H and O–H groups in total. The normalized spacial score (nSPS) is 15.8. The molecule has 4 aromatic rings. The summed E-state index contributed by atoms with van der Waals surface area (Å²) in [5.41, 5.74) is 4.06. The fourth-order valence-electron chi connectivity index (χ4n) is 4.43. The van der Waals surface area contributed by atoms with Crippen molar-refractivity contribution in [2.24, 2.45) is 7.05 Å². The molecule has 6 heteroatoms. The summed E-state index contributed by atoms with van der Waals surface area (Å²) in [4.78, 5) is 20.5. The smallest absolute Gasteiger partial charge is 0.276 e. The molecule has 30 heavy (non-hydrogen) atoms. The van der Waals surface area contributed by atoms with Crippen LogP contribution >= 0.6 is 11.3 Å². The third-order valence-electron chi connectivity index (χ3n) is 6.30. The molecule has 0 radical (unpaired) electrons. The Morgan fingerprint density at radius 1 is 1.03 bits per heavy atom. The van der Waals surface area contributed by atoms with E-state index in [1.54, 1.807) is 4.68 Å². The highest BCUT2D eigenvalue weighted by Gasteiger charge is 2.25. The first-order valence-electron chi connectivity index (χ1n) is 10.5. The monoisotopic (exact) mass is 418 g/mol. The van der Waals surface area contributed by atoms with Gasteiger partial charge in [-0.05, 0) is 57.1 Å². The van der Waals surface area contributed by atoms with Crippen LogP contribution in [0.2, 0.25) is 0 Å². The summed E-state index contributed by atoms with van der Waals surface area (Å²) in [6.07, 6.45) is 2.19. The van der Waals surface area contributed by atoms with Gasteiger partial charge in [0.15, 0.2) is 0 Å².